The van der Waals surface area contributed by atoms with Crippen LogP contribution in [0, 0.1) is 5.92 Å². The Hall–Kier alpha value is -7.23. The lowest BCUT2D eigenvalue weighted by molar-refractivity contribution is 0.666. The summed E-state index contributed by atoms with van der Waals surface area (Å²) in [6.45, 7) is 7.11. The molecule has 0 N–H and O–H groups in total. The Balaban J connectivity index is 1.01. The molecule has 1 aliphatic heterocycles. The Labute approximate surface area is 387 Å². The van der Waals surface area contributed by atoms with Crippen LogP contribution in [0.25, 0.3) is 66.3 Å². The molecule has 66 heavy (non-hydrogen) atoms. The SMILES string of the molecule is CC/C1=C(\c2ccccc2)N=C(c2cccc3c2oc2ccccc23)CC(C)/C(C)=C(\C2=CC(n3c4ccccc4c4c5c(ccc43)CCC(c3ccccc3)c3ccccc3-5)=CCC2)C1. The average Bonchev–Trinajstić information content (AvgIpc) is 3.88. The molecule has 7 aromatic carbocycles. The van der Waals surface area contributed by atoms with E-state index in [1.54, 1.807) is 0 Å². The summed E-state index contributed by atoms with van der Waals surface area (Å²) < 4.78 is 9.24. The van der Waals surface area contributed by atoms with E-state index < -0.39 is 0 Å². The van der Waals surface area contributed by atoms with Crippen molar-refractivity contribution in [1.82, 2.24) is 4.57 Å². The molecule has 0 saturated heterocycles. The van der Waals surface area contributed by atoms with Gasteiger partial charge in [0, 0.05) is 44.3 Å². The van der Waals surface area contributed by atoms with Gasteiger partial charge in [0.05, 0.1) is 22.4 Å². The zero-order valence-corrected chi connectivity index (χ0v) is 38.2. The first-order valence-corrected chi connectivity index (χ1v) is 24.1. The smallest absolute Gasteiger partial charge is 0.144 e. The van der Waals surface area contributed by atoms with Gasteiger partial charge in [0.15, 0.2) is 0 Å². The van der Waals surface area contributed by atoms with Crippen LogP contribution in [-0.2, 0) is 6.42 Å². The normalized spacial score (nSPS) is 20.3. The molecule has 0 amide bonds. The summed E-state index contributed by atoms with van der Waals surface area (Å²) in [6, 6.07) is 60.1. The van der Waals surface area contributed by atoms with Crippen LogP contribution in [-0.4, -0.2) is 10.3 Å². The van der Waals surface area contributed by atoms with Crippen LogP contribution in [0.2, 0.25) is 0 Å². The molecule has 3 aliphatic rings. The van der Waals surface area contributed by atoms with E-state index in [2.05, 4.69) is 201 Å². The maximum absolute atomic E-state index is 6.67. The first-order valence-electron chi connectivity index (χ1n) is 24.1. The third kappa shape index (κ3) is 6.75. The molecule has 0 saturated carbocycles. The molecule has 2 aliphatic carbocycles. The van der Waals surface area contributed by atoms with Gasteiger partial charge in [0.2, 0.25) is 0 Å². The Morgan fingerprint density at radius 2 is 1.41 bits per heavy atom. The molecule has 0 bridgehead atoms. The molecule has 12 rings (SSSR count). The number of para-hydroxylation sites is 3. The quantitative estimate of drug-likeness (QED) is 0.164. The molecular weight excluding hydrogens is 801 g/mol. The van der Waals surface area contributed by atoms with Gasteiger partial charge < -0.3 is 8.98 Å². The van der Waals surface area contributed by atoms with E-state index in [1.165, 1.54) is 77.6 Å². The fraction of sp³-hybridized carbons (Fsp3) is 0.190. The minimum absolute atomic E-state index is 0.255. The molecule has 0 fully saturated rings. The molecule has 2 aromatic heterocycles. The third-order valence-electron chi connectivity index (χ3n) is 15.0. The first kappa shape index (κ1) is 40.3. The van der Waals surface area contributed by atoms with Gasteiger partial charge in [-0.2, -0.15) is 0 Å². The van der Waals surface area contributed by atoms with Crippen molar-refractivity contribution in [2.45, 2.75) is 71.6 Å². The van der Waals surface area contributed by atoms with Gasteiger partial charge in [0.1, 0.15) is 11.2 Å². The van der Waals surface area contributed by atoms with E-state index in [4.69, 9.17) is 9.41 Å². The van der Waals surface area contributed by atoms with Gasteiger partial charge in [-0.25, -0.2) is 0 Å². The van der Waals surface area contributed by atoms with Crippen molar-refractivity contribution < 1.29 is 4.42 Å². The summed E-state index contributed by atoms with van der Waals surface area (Å²) in [5, 5.41) is 4.97. The Kier molecular flexibility index (Phi) is 10.2. The monoisotopic (exact) mass is 854 g/mol. The highest BCUT2D eigenvalue weighted by Gasteiger charge is 2.29. The number of hydrogen-bond acceptors (Lipinski definition) is 2. The highest BCUT2D eigenvalue weighted by Crippen LogP contribution is 2.48. The van der Waals surface area contributed by atoms with E-state index in [9.17, 15) is 0 Å². The molecular formula is C63H54N2O. The van der Waals surface area contributed by atoms with E-state index in [0.29, 0.717) is 5.92 Å². The molecule has 3 heteroatoms. The second-order valence-corrected chi connectivity index (χ2v) is 18.7. The molecule has 3 heterocycles. The van der Waals surface area contributed by atoms with Crippen LogP contribution in [0.5, 0.6) is 0 Å². The summed E-state index contributed by atoms with van der Waals surface area (Å²) >= 11 is 0. The Bertz CT molecular complexity index is 3530. The maximum atomic E-state index is 6.67. The van der Waals surface area contributed by atoms with Gasteiger partial charge in [-0.3, -0.25) is 4.99 Å². The number of benzene rings is 7. The van der Waals surface area contributed by atoms with Crippen LogP contribution >= 0.6 is 0 Å². The molecule has 0 spiro atoms. The number of allylic oxidation sites excluding steroid dienone is 7. The second kappa shape index (κ2) is 16.6. The fourth-order valence-corrected chi connectivity index (χ4v) is 11.6. The standard InChI is InChI=1S/C63H54N2O/c1-4-42-39-55(41(3)40(2)37-56(64-62(42)45-21-9-6-10-22-45)53-30-18-29-52-50-26-14-16-32-59(50)66-63(52)53)46-23-17-24-47(38-46)65-57-31-15-13-28-54(57)61-58(65)36-34-44-33-35-48(43-19-7-5-8-20-43)49-25-11-12-27-51(49)60(44)61/h5-16,18-22,24-32,34,36,38,40,48H,4,17,23,33,35,37,39H2,1-3H3/b55-41-,62-42-,64-56?. The lowest BCUT2D eigenvalue weighted by Gasteiger charge is -2.24. The van der Waals surface area contributed by atoms with Crippen molar-refractivity contribution in [1.29, 1.82) is 0 Å². The minimum Gasteiger partial charge on any atom is -0.455 e. The van der Waals surface area contributed by atoms with Crippen LogP contribution < -0.4 is 0 Å². The molecule has 9 aromatic rings. The van der Waals surface area contributed by atoms with Crippen LogP contribution in [0.15, 0.2) is 208 Å². The van der Waals surface area contributed by atoms with Crippen molar-refractivity contribution >= 4 is 60.9 Å². The number of aromatic nitrogens is 1. The van der Waals surface area contributed by atoms with E-state index in [-0.39, 0.29) is 5.92 Å². The number of aliphatic imine (C=N–C) groups is 1. The fourth-order valence-electron chi connectivity index (χ4n) is 11.6. The summed E-state index contributed by atoms with van der Waals surface area (Å²) in [5.74, 6) is 0.604. The number of rotatable bonds is 6. The number of fused-ring (bicyclic) bond motifs is 10. The summed E-state index contributed by atoms with van der Waals surface area (Å²) in [5.41, 5.74) is 22.8. The van der Waals surface area contributed by atoms with Crippen molar-refractivity contribution in [3.63, 3.8) is 0 Å². The second-order valence-electron chi connectivity index (χ2n) is 18.7. The third-order valence-corrected chi connectivity index (χ3v) is 15.0. The first-order chi connectivity index (χ1) is 32.5. The summed E-state index contributed by atoms with van der Waals surface area (Å²) in [6.07, 6.45) is 11.7. The Morgan fingerprint density at radius 1 is 0.682 bits per heavy atom. The van der Waals surface area contributed by atoms with Crippen molar-refractivity contribution in [2.24, 2.45) is 10.9 Å². The topological polar surface area (TPSA) is 30.4 Å². The number of hydrogen-bond donors (Lipinski definition) is 0. The van der Waals surface area contributed by atoms with E-state index in [1.807, 2.05) is 0 Å². The molecule has 2 unspecified atom stereocenters. The van der Waals surface area contributed by atoms with Crippen LogP contribution in [0.3, 0.4) is 0 Å². The molecule has 3 nitrogen and oxygen atoms in total. The highest BCUT2D eigenvalue weighted by molar-refractivity contribution is 6.18. The van der Waals surface area contributed by atoms with Crippen LogP contribution in [0.1, 0.15) is 93.0 Å². The molecule has 322 valence electrons. The largest absolute Gasteiger partial charge is 0.455 e. The van der Waals surface area contributed by atoms with Gasteiger partial charge in [-0.1, -0.05) is 165 Å². The highest BCUT2D eigenvalue weighted by atomic mass is 16.3. The molecule has 2 atom stereocenters. The van der Waals surface area contributed by atoms with Gasteiger partial charge in [0.25, 0.3) is 0 Å². The number of nitrogens with zero attached hydrogens (tertiary/aromatic N) is 2. The van der Waals surface area contributed by atoms with E-state index in [0.717, 1.165) is 89.4 Å². The Morgan fingerprint density at radius 3 is 2.26 bits per heavy atom. The molecule has 0 radical (unpaired) electrons. The van der Waals surface area contributed by atoms with Gasteiger partial charge in [-0.15, -0.1) is 0 Å². The van der Waals surface area contributed by atoms with E-state index >= 15 is 0 Å². The summed E-state index contributed by atoms with van der Waals surface area (Å²) in [4.78, 5) is 5.75. The van der Waals surface area contributed by atoms with Gasteiger partial charge in [-0.05, 0) is 133 Å². The summed E-state index contributed by atoms with van der Waals surface area (Å²) in [7, 11) is 0. The number of aryl methyl sites for hydroxylation is 1. The lowest BCUT2D eigenvalue weighted by Crippen LogP contribution is -2.11. The maximum Gasteiger partial charge on any atom is 0.144 e. The number of furan rings is 1. The zero-order valence-electron chi connectivity index (χ0n) is 38.2. The average molecular weight is 855 g/mol. The van der Waals surface area contributed by atoms with Crippen molar-refractivity contribution in [3.8, 4) is 11.1 Å². The van der Waals surface area contributed by atoms with Crippen LogP contribution in [0.4, 0.5) is 0 Å². The van der Waals surface area contributed by atoms with Gasteiger partial charge >= 0.3 is 0 Å². The van der Waals surface area contributed by atoms with Crippen molar-refractivity contribution in [2.75, 3.05) is 0 Å². The predicted molar refractivity (Wildman–Crippen MR) is 278 cm³/mol. The predicted octanol–water partition coefficient (Wildman–Crippen LogP) is 17.1. The minimum atomic E-state index is 0.255. The van der Waals surface area contributed by atoms with Crippen molar-refractivity contribution in [3.05, 3.63) is 226 Å². The zero-order chi connectivity index (χ0) is 44.3. The lowest BCUT2D eigenvalue weighted by atomic mass is 9.82.